The van der Waals surface area contributed by atoms with Crippen molar-refractivity contribution >= 4 is 33.6 Å². The number of carbonyl (C=O) groups is 1. The maximum absolute atomic E-state index is 12.4. The predicted octanol–water partition coefficient (Wildman–Crippen LogP) is 4.32. The standard InChI is InChI=1S/C19H17BrN2O3/c1-12-5-4-6-15(7-12)22-19(23)14(11-21)8-13-9-17(24-2)18(25-3)10-16(13)20/h4-10H,1-3H3,(H,22,23)/b14-8+. The van der Waals surface area contributed by atoms with Crippen LogP contribution in [0.25, 0.3) is 6.08 Å². The Morgan fingerprint density at radius 1 is 1.20 bits per heavy atom. The summed E-state index contributed by atoms with van der Waals surface area (Å²) in [5.41, 5.74) is 2.27. The number of nitriles is 1. The van der Waals surface area contributed by atoms with Crippen molar-refractivity contribution < 1.29 is 14.3 Å². The topological polar surface area (TPSA) is 71.3 Å². The molecule has 0 saturated carbocycles. The molecule has 0 unspecified atom stereocenters. The number of hydrogen-bond acceptors (Lipinski definition) is 4. The molecule has 128 valence electrons. The van der Waals surface area contributed by atoms with E-state index in [1.807, 2.05) is 31.2 Å². The molecular weight excluding hydrogens is 384 g/mol. The summed E-state index contributed by atoms with van der Waals surface area (Å²) < 4.78 is 11.2. The molecule has 0 aliphatic rings. The van der Waals surface area contributed by atoms with Crippen molar-refractivity contribution in [2.75, 3.05) is 19.5 Å². The average molecular weight is 401 g/mol. The van der Waals surface area contributed by atoms with E-state index < -0.39 is 5.91 Å². The van der Waals surface area contributed by atoms with Crippen LogP contribution in [-0.2, 0) is 4.79 Å². The normalized spacial score (nSPS) is 10.8. The van der Waals surface area contributed by atoms with Gasteiger partial charge in [0, 0.05) is 10.2 Å². The Kier molecular flexibility index (Phi) is 6.20. The molecule has 2 aromatic rings. The lowest BCUT2D eigenvalue weighted by atomic mass is 10.1. The number of benzene rings is 2. The van der Waals surface area contributed by atoms with Crippen LogP contribution in [0.5, 0.6) is 11.5 Å². The Labute approximate surface area is 155 Å². The zero-order valence-corrected chi connectivity index (χ0v) is 15.7. The van der Waals surface area contributed by atoms with Crippen LogP contribution in [0, 0.1) is 18.3 Å². The fourth-order valence-corrected chi connectivity index (χ4v) is 2.64. The third-order valence-electron chi connectivity index (χ3n) is 3.44. The van der Waals surface area contributed by atoms with Crippen LogP contribution < -0.4 is 14.8 Å². The molecule has 0 heterocycles. The van der Waals surface area contributed by atoms with Gasteiger partial charge in [-0.25, -0.2) is 0 Å². The fourth-order valence-electron chi connectivity index (χ4n) is 2.21. The Morgan fingerprint density at radius 2 is 1.88 bits per heavy atom. The van der Waals surface area contributed by atoms with Gasteiger partial charge in [-0.2, -0.15) is 5.26 Å². The average Bonchev–Trinajstić information content (AvgIpc) is 2.60. The first-order chi connectivity index (χ1) is 12.0. The van der Waals surface area contributed by atoms with Gasteiger partial charge in [0.1, 0.15) is 11.6 Å². The van der Waals surface area contributed by atoms with Crippen LogP contribution >= 0.6 is 15.9 Å². The summed E-state index contributed by atoms with van der Waals surface area (Å²) in [5.74, 6) is 0.581. The minimum absolute atomic E-state index is 0.0190. The molecule has 0 atom stereocenters. The van der Waals surface area contributed by atoms with Gasteiger partial charge in [-0.1, -0.05) is 28.1 Å². The van der Waals surface area contributed by atoms with Crippen LogP contribution in [0.15, 0.2) is 46.4 Å². The molecular formula is C19H17BrN2O3. The zero-order valence-electron chi connectivity index (χ0n) is 14.1. The summed E-state index contributed by atoms with van der Waals surface area (Å²) in [6.45, 7) is 1.93. The van der Waals surface area contributed by atoms with E-state index in [-0.39, 0.29) is 5.57 Å². The highest BCUT2D eigenvalue weighted by Crippen LogP contribution is 2.34. The van der Waals surface area contributed by atoms with Crippen LogP contribution in [0.3, 0.4) is 0 Å². The smallest absolute Gasteiger partial charge is 0.266 e. The predicted molar refractivity (Wildman–Crippen MR) is 101 cm³/mol. The number of nitrogens with one attached hydrogen (secondary N) is 1. The van der Waals surface area contributed by atoms with Crippen LogP contribution in [0.4, 0.5) is 5.69 Å². The van der Waals surface area contributed by atoms with Gasteiger partial charge in [-0.15, -0.1) is 0 Å². The van der Waals surface area contributed by atoms with Gasteiger partial charge >= 0.3 is 0 Å². The van der Waals surface area contributed by atoms with E-state index in [4.69, 9.17) is 9.47 Å². The van der Waals surface area contributed by atoms with Gasteiger partial charge < -0.3 is 14.8 Å². The first kappa shape index (κ1) is 18.6. The summed E-state index contributed by atoms with van der Waals surface area (Å²) in [7, 11) is 3.06. The zero-order chi connectivity index (χ0) is 18.4. The number of aryl methyl sites for hydroxylation is 1. The number of amides is 1. The molecule has 0 saturated heterocycles. The van der Waals surface area contributed by atoms with Gasteiger partial charge in [-0.05, 0) is 48.4 Å². The number of methoxy groups -OCH3 is 2. The van der Waals surface area contributed by atoms with Crippen molar-refractivity contribution in [3.8, 4) is 17.6 Å². The van der Waals surface area contributed by atoms with Crippen molar-refractivity contribution in [1.82, 2.24) is 0 Å². The monoisotopic (exact) mass is 400 g/mol. The molecule has 1 amide bonds. The van der Waals surface area contributed by atoms with Crippen molar-refractivity contribution in [2.24, 2.45) is 0 Å². The summed E-state index contributed by atoms with van der Waals surface area (Å²) in [5, 5.41) is 12.1. The van der Waals surface area contributed by atoms with Gasteiger partial charge in [0.25, 0.3) is 5.91 Å². The second-order valence-electron chi connectivity index (χ2n) is 5.22. The van der Waals surface area contributed by atoms with Crippen molar-refractivity contribution in [3.63, 3.8) is 0 Å². The Morgan fingerprint density at radius 3 is 2.48 bits per heavy atom. The number of hydrogen-bond donors (Lipinski definition) is 1. The lowest BCUT2D eigenvalue weighted by molar-refractivity contribution is -0.112. The first-order valence-corrected chi connectivity index (χ1v) is 8.19. The summed E-state index contributed by atoms with van der Waals surface area (Å²) in [4.78, 5) is 12.4. The van der Waals surface area contributed by atoms with Gasteiger partial charge in [-0.3, -0.25) is 4.79 Å². The van der Waals surface area contributed by atoms with Gasteiger partial charge in [0.05, 0.1) is 14.2 Å². The lowest BCUT2D eigenvalue weighted by Crippen LogP contribution is -2.13. The van der Waals surface area contributed by atoms with Crippen molar-refractivity contribution in [2.45, 2.75) is 6.92 Å². The van der Waals surface area contributed by atoms with Crippen molar-refractivity contribution in [1.29, 1.82) is 5.26 Å². The number of carbonyl (C=O) groups excluding carboxylic acids is 1. The van der Waals surface area contributed by atoms with Crippen molar-refractivity contribution in [3.05, 3.63) is 57.6 Å². The molecule has 0 aliphatic heterocycles. The van der Waals surface area contributed by atoms with E-state index in [1.165, 1.54) is 20.3 Å². The van der Waals surface area contributed by atoms with E-state index in [0.29, 0.717) is 27.2 Å². The number of anilines is 1. The Bertz CT molecular complexity index is 869. The Hall–Kier alpha value is -2.78. The largest absolute Gasteiger partial charge is 0.493 e. The third-order valence-corrected chi connectivity index (χ3v) is 4.13. The molecule has 0 fully saturated rings. The highest BCUT2D eigenvalue weighted by Gasteiger charge is 2.13. The summed E-state index contributed by atoms with van der Waals surface area (Å²) in [6.07, 6.45) is 1.50. The first-order valence-electron chi connectivity index (χ1n) is 7.39. The molecule has 0 bridgehead atoms. The number of halogens is 1. The second-order valence-corrected chi connectivity index (χ2v) is 6.08. The Balaban J connectivity index is 2.34. The summed E-state index contributed by atoms with van der Waals surface area (Å²) >= 11 is 3.41. The minimum Gasteiger partial charge on any atom is -0.493 e. The van der Waals surface area contributed by atoms with Gasteiger partial charge in [0.2, 0.25) is 0 Å². The van der Waals surface area contributed by atoms with Crippen LogP contribution in [0.1, 0.15) is 11.1 Å². The molecule has 5 nitrogen and oxygen atoms in total. The van der Waals surface area contributed by atoms with E-state index in [2.05, 4.69) is 21.2 Å². The van der Waals surface area contributed by atoms with Crippen LogP contribution in [-0.4, -0.2) is 20.1 Å². The SMILES string of the molecule is COc1cc(Br)c(/C=C(\C#N)C(=O)Nc2cccc(C)c2)cc1OC. The number of nitrogens with zero attached hydrogens (tertiary/aromatic N) is 1. The second kappa shape index (κ2) is 8.36. The maximum Gasteiger partial charge on any atom is 0.266 e. The van der Waals surface area contributed by atoms with E-state index in [1.54, 1.807) is 18.2 Å². The molecule has 0 radical (unpaired) electrons. The minimum atomic E-state index is -0.477. The fraction of sp³-hybridized carbons (Fsp3) is 0.158. The van der Waals surface area contributed by atoms with E-state index >= 15 is 0 Å². The van der Waals surface area contributed by atoms with E-state index in [0.717, 1.165) is 5.56 Å². The summed E-state index contributed by atoms with van der Waals surface area (Å²) in [6, 6.07) is 12.7. The molecule has 1 N–H and O–H groups in total. The van der Waals surface area contributed by atoms with Gasteiger partial charge in [0.15, 0.2) is 11.5 Å². The molecule has 0 spiro atoms. The molecule has 0 aromatic heterocycles. The number of rotatable bonds is 5. The third kappa shape index (κ3) is 4.61. The lowest BCUT2D eigenvalue weighted by Gasteiger charge is -2.10. The van der Waals surface area contributed by atoms with E-state index in [9.17, 15) is 10.1 Å². The molecule has 2 rings (SSSR count). The number of ether oxygens (including phenoxy) is 2. The maximum atomic E-state index is 12.4. The molecule has 6 heteroatoms. The quantitative estimate of drug-likeness (QED) is 0.599. The van der Waals surface area contributed by atoms with Crippen LogP contribution in [0.2, 0.25) is 0 Å². The molecule has 0 aliphatic carbocycles. The molecule has 25 heavy (non-hydrogen) atoms. The molecule has 2 aromatic carbocycles. The highest BCUT2D eigenvalue weighted by molar-refractivity contribution is 9.10. The highest BCUT2D eigenvalue weighted by atomic mass is 79.9.